The van der Waals surface area contributed by atoms with Crippen LogP contribution in [-0.2, 0) is 21.3 Å². The van der Waals surface area contributed by atoms with Crippen LogP contribution in [0.1, 0.15) is 30.3 Å². The van der Waals surface area contributed by atoms with Gasteiger partial charge >= 0.3 is 0 Å². The van der Waals surface area contributed by atoms with E-state index in [1.807, 2.05) is 18.2 Å². The van der Waals surface area contributed by atoms with Gasteiger partial charge in [-0.15, -0.1) is 0 Å². The van der Waals surface area contributed by atoms with Crippen LogP contribution in [0, 0.1) is 0 Å². The van der Waals surface area contributed by atoms with Gasteiger partial charge in [0, 0.05) is 26.2 Å². The lowest BCUT2D eigenvalue weighted by Crippen LogP contribution is -2.36. The van der Waals surface area contributed by atoms with E-state index in [0.717, 1.165) is 57.1 Å². The Labute approximate surface area is 132 Å². The number of hydrogen-bond acceptors (Lipinski definition) is 5. The normalized spacial score (nSPS) is 24.7. The molecule has 0 radical (unpaired) electrons. The van der Waals surface area contributed by atoms with Crippen molar-refractivity contribution in [3.05, 3.63) is 29.6 Å². The molecule has 2 aliphatic rings. The van der Waals surface area contributed by atoms with Gasteiger partial charge < -0.3 is 4.74 Å². The summed E-state index contributed by atoms with van der Waals surface area (Å²) in [6.07, 6.45) is 3.02. The van der Waals surface area contributed by atoms with Gasteiger partial charge in [0.15, 0.2) is 0 Å². The first-order valence-electron chi connectivity index (χ1n) is 7.77. The number of hydrogen-bond donors (Lipinski definition) is 0. The van der Waals surface area contributed by atoms with Crippen LogP contribution in [0.3, 0.4) is 0 Å². The molecule has 1 atom stereocenters. The maximum Gasteiger partial charge on any atom is 0.211 e. The average molecular weight is 325 g/mol. The molecule has 0 aromatic carbocycles. The Bertz CT molecular complexity index is 614. The van der Waals surface area contributed by atoms with Gasteiger partial charge in [-0.3, -0.25) is 9.88 Å². The number of aromatic nitrogens is 1. The summed E-state index contributed by atoms with van der Waals surface area (Å²) >= 11 is 0. The van der Waals surface area contributed by atoms with Crippen molar-refractivity contribution in [1.82, 2.24) is 14.2 Å². The topological polar surface area (TPSA) is 62.7 Å². The number of morpholine rings is 1. The Morgan fingerprint density at radius 2 is 2.05 bits per heavy atom. The van der Waals surface area contributed by atoms with Crippen molar-refractivity contribution >= 4 is 10.0 Å². The Hall–Kier alpha value is -1.02. The van der Waals surface area contributed by atoms with Crippen molar-refractivity contribution in [1.29, 1.82) is 0 Å². The van der Waals surface area contributed by atoms with E-state index in [-0.39, 0.29) is 6.04 Å². The zero-order valence-electron chi connectivity index (χ0n) is 12.9. The third-order valence-electron chi connectivity index (χ3n) is 4.29. The molecule has 1 aromatic rings. The van der Waals surface area contributed by atoms with E-state index in [0.29, 0.717) is 6.54 Å². The fourth-order valence-corrected chi connectivity index (χ4v) is 4.33. The molecule has 6 nitrogen and oxygen atoms in total. The number of rotatable bonds is 4. The highest BCUT2D eigenvalue weighted by Crippen LogP contribution is 2.32. The standard InChI is InChI=1S/C15H23N3O3S/c1-22(19,20)18-7-3-6-15(18)14-5-2-4-13(16-14)12-17-8-10-21-11-9-17/h2,4-5,15H,3,6-12H2,1H3/t15-/m0/s1. The molecule has 2 fully saturated rings. The molecule has 1 aromatic heterocycles. The first kappa shape index (κ1) is 15.9. The molecule has 0 unspecified atom stereocenters. The van der Waals surface area contributed by atoms with Crippen LogP contribution in [0.2, 0.25) is 0 Å². The summed E-state index contributed by atoms with van der Waals surface area (Å²) in [7, 11) is -3.17. The highest BCUT2D eigenvalue weighted by Gasteiger charge is 2.33. The van der Waals surface area contributed by atoms with Crippen molar-refractivity contribution in [2.45, 2.75) is 25.4 Å². The zero-order chi connectivity index (χ0) is 15.6. The predicted octanol–water partition coefficient (Wildman–Crippen LogP) is 1.01. The second kappa shape index (κ2) is 6.62. The van der Waals surface area contributed by atoms with Crippen LogP contribution >= 0.6 is 0 Å². The van der Waals surface area contributed by atoms with Crippen molar-refractivity contribution in [2.24, 2.45) is 0 Å². The summed E-state index contributed by atoms with van der Waals surface area (Å²) < 4.78 is 30.7. The molecule has 0 spiro atoms. The molecule has 2 aliphatic heterocycles. The van der Waals surface area contributed by atoms with Gasteiger partial charge in [0.05, 0.1) is 36.9 Å². The molecular formula is C15H23N3O3S. The summed E-state index contributed by atoms with van der Waals surface area (Å²) in [4.78, 5) is 7.04. The zero-order valence-corrected chi connectivity index (χ0v) is 13.8. The van der Waals surface area contributed by atoms with E-state index in [1.54, 1.807) is 4.31 Å². The Kier molecular flexibility index (Phi) is 4.77. The Balaban J connectivity index is 1.75. The second-order valence-electron chi connectivity index (χ2n) is 5.97. The van der Waals surface area contributed by atoms with Gasteiger partial charge in [0.2, 0.25) is 10.0 Å². The largest absolute Gasteiger partial charge is 0.379 e. The van der Waals surface area contributed by atoms with Gasteiger partial charge in [-0.25, -0.2) is 8.42 Å². The molecule has 2 saturated heterocycles. The molecule has 3 rings (SSSR count). The lowest BCUT2D eigenvalue weighted by atomic mass is 10.1. The Morgan fingerprint density at radius 1 is 1.27 bits per heavy atom. The average Bonchev–Trinajstić information content (AvgIpc) is 2.98. The lowest BCUT2D eigenvalue weighted by Gasteiger charge is -2.27. The van der Waals surface area contributed by atoms with Crippen molar-refractivity contribution < 1.29 is 13.2 Å². The van der Waals surface area contributed by atoms with Gasteiger partial charge in [-0.2, -0.15) is 4.31 Å². The maximum atomic E-state index is 11.9. The third-order valence-corrected chi connectivity index (χ3v) is 5.58. The van der Waals surface area contributed by atoms with Crippen LogP contribution in [0.4, 0.5) is 0 Å². The lowest BCUT2D eigenvalue weighted by molar-refractivity contribution is 0.0336. The predicted molar refractivity (Wildman–Crippen MR) is 83.9 cm³/mol. The summed E-state index contributed by atoms with van der Waals surface area (Å²) in [5.41, 5.74) is 1.87. The van der Waals surface area contributed by atoms with Gasteiger partial charge in [-0.1, -0.05) is 6.07 Å². The molecular weight excluding hydrogens is 302 g/mol. The van der Waals surface area contributed by atoms with E-state index in [4.69, 9.17) is 9.72 Å². The van der Waals surface area contributed by atoms with Gasteiger partial charge in [-0.05, 0) is 25.0 Å². The monoisotopic (exact) mass is 325 g/mol. The fraction of sp³-hybridized carbons (Fsp3) is 0.667. The molecule has 3 heterocycles. The minimum absolute atomic E-state index is 0.111. The second-order valence-corrected chi connectivity index (χ2v) is 7.91. The molecule has 22 heavy (non-hydrogen) atoms. The Morgan fingerprint density at radius 3 is 2.77 bits per heavy atom. The third kappa shape index (κ3) is 3.65. The molecule has 0 bridgehead atoms. The summed E-state index contributed by atoms with van der Waals surface area (Å²) in [5, 5.41) is 0. The van der Waals surface area contributed by atoms with Crippen LogP contribution < -0.4 is 0 Å². The minimum atomic E-state index is -3.17. The first-order chi connectivity index (χ1) is 10.5. The van der Waals surface area contributed by atoms with Gasteiger partial charge in [0.1, 0.15) is 0 Å². The van der Waals surface area contributed by atoms with Crippen molar-refractivity contribution in [3.63, 3.8) is 0 Å². The smallest absolute Gasteiger partial charge is 0.211 e. The number of nitrogens with zero attached hydrogens (tertiary/aromatic N) is 3. The van der Waals surface area contributed by atoms with E-state index in [1.165, 1.54) is 6.26 Å². The number of ether oxygens (including phenoxy) is 1. The van der Waals surface area contributed by atoms with E-state index < -0.39 is 10.0 Å². The van der Waals surface area contributed by atoms with Gasteiger partial charge in [0.25, 0.3) is 0 Å². The highest BCUT2D eigenvalue weighted by molar-refractivity contribution is 7.88. The highest BCUT2D eigenvalue weighted by atomic mass is 32.2. The summed E-state index contributed by atoms with van der Waals surface area (Å²) in [6, 6.07) is 5.83. The quantitative estimate of drug-likeness (QED) is 0.827. The summed E-state index contributed by atoms with van der Waals surface area (Å²) in [5.74, 6) is 0. The fourth-order valence-electron chi connectivity index (χ4n) is 3.19. The summed E-state index contributed by atoms with van der Waals surface area (Å²) in [6.45, 7) is 4.77. The van der Waals surface area contributed by atoms with Crippen LogP contribution in [-0.4, -0.2) is 61.7 Å². The number of pyridine rings is 1. The molecule has 122 valence electrons. The molecule has 0 N–H and O–H groups in total. The molecule has 0 aliphatic carbocycles. The van der Waals surface area contributed by atoms with Crippen LogP contribution in [0.15, 0.2) is 18.2 Å². The molecule has 0 saturated carbocycles. The first-order valence-corrected chi connectivity index (χ1v) is 9.61. The molecule has 0 amide bonds. The van der Waals surface area contributed by atoms with E-state index in [9.17, 15) is 8.42 Å². The van der Waals surface area contributed by atoms with Crippen molar-refractivity contribution in [3.8, 4) is 0 Å². The van der Waals surface area contributed by atoms with Crippen LogP contribution in [0.5, 0.6) is 0 Å². The van der Waals surface area contributed by atoms with Crippen LogP contribution in [0.25, 0.3) is 0 Å². The minimum Gasteiger partial charge on any atom is -0.379 e. The van der Waals surface area contributed by atoms with E-state index >= 15 is 0 Å². The van der Waals surface area contributed by atoms with E-state index in [2.05, 4.69) is 4.90 Å². The maximum absolute atomic E-state index is 11.9. The van der Waals surface area contributed by atoms with Crippen molar-refractivity contribution in [2.75, 3.05) is 39.1 Å². The number of sulfonamides is 1. The SMILES string of the molecule is CS(=O)(=O)N1CCC[C@H]1c1cccc(CN2CCOCC2)n1. The molecule has 7 heteroatoms.